The van der Waals surface area contributed by atoms with Crippen LogP contribution in [0.3, 0.4) is 0 Å². The maximum absolute atomic E-state index is 12.6. The monoisotopic (exact) mass is 444 g/mol. The number of likely N-dealkylation sites (N-methyl/N-ethyl adjacent to an activating group) is 1. The van der Waals surface area contributed by atoms with E-state index >= 15 is 0 Å². The highest BCUT2D eigenvalue weighted by Gasteiger charge is 2.18. The first-order valence-electron chi connectivity index (χ1n) is 9.53. The molecule has 2 aromatic heterocycles. The van der Waals surface area contributed by atoms with Crippen molar-refractivity contribution in [2.75, 3.05) is 18.8 Å². The Hall–Kier alpha value is -2.72. The van der Waals surface area contributed by atoms with Crippen LogP contribution in [0.15, 0.2) is 40.9 Å². The van der Waals surface area contributed by atoms with Gasteiger partial charge in [0, 0.05) is 11.4 Å². The second-order valence-corrected chi connectivity index (χ2v) is 8.69. The molecule has 10 heteroatoms. The number of nitrogens with one attached hydrogen (secondary N) is 1. The standard InChI is InChI=1S/C20H24N6O2S2/c1-4-25(12-18(27)21-11-16-6-5-9-29-16)19(28)13-30-20-22-23-24-26(20)17-8-7-14(2)10-15(17)3/h5-10H,4,11-13H2,1-3H3,(H,21,27). The van der Waals surface area contributed by atoms with Gasteiger partial charge in [0.15, 0.2) is 0 Å². The molecule has 0 bridgehead atoms. The van der Waals surface area contributed by atoms with E-state index in [9.17, 15) is 9.59 Å². The van der Waals surface area contributed by atoms with Crippen LogP contribution in [0, 0.1) is 13.8 Å². The molecule has 3 aromatic rings. The van der Waals surface area contributed by atoms with Gasteiger partial charge < -0.3 is 10.2 Å². The average Bonchev–Trinajstić information content (AvgIpc) is 3.40. The van der Waals surface area contributed by atoms with E-state index in [1.807, 2.05) is 50.4 Å². The Morgan fingerprint density at radius 2 is 2.10 bits per heavy atom. The number of carbonyl (C=O) groups is 2. The number of hydrogen-bond donors (Lipinski definition) is 1. The number of carbonyl (C=O) groups excluding carboxylic acids is 2. The Morgan fingerprint density at radius 3 is 2.80 bits per heavy atom. The van der Waals surface area contributed by atoms with E-state index in [1.54, 1.807) is 16.0 Å². The minimum Gasteiger partial charge on any atom is -0.350 e. The summed E-state index contributed by atoms with van der Waals surface area (Å²) in [4.78, 5) is 27.5. The summed E-state index contributed by atoms with van der Waals surface area (Å²) < 4.78 is 1.64. The van der Waals surface area contributed by atoms with Gasteiger partial charge in [-0.1, -0.05) is 35.5 Å². The van der Waals surface area contributed by atoms with Gasteiger partial charge in [-0.3, -0.25) is 9.59 Å². The molecule has 0 aliphatic rings. The molecule has 0 spiro atoms. The SMILES string of the molecule is CCN(CC(=O)NCc1cccs1)C(=O)CSc1nnnn1-c1ccc(C)cc1C. The quantitative estimate of drug-likeness (QED) is 0.510. The molecule has 0 atom stereocenters. The van der Waals surface area contributed by atoms with E-state index in [1.165, 1.54) is 16.7 Å². The lowest BCUT2D eigenvalue weighted by Crippen LogP contribution is -2.41. The van der Waals surface area contributed by atoms with E-state index in [0.717, 1.165) is 21.7 Å². The predicted octanol–water partition coefficient (Wildman–Crippen LogP) is 2.60. The van der Waals surface area contributed by atoms with Gasteiger partial charge in [-0.2, -0.15) is 4.68 Å². The Balaban J connectivity index is 1.56. The van der Waals surface area contributed by atoms with Crippen LogP contribution in [-0.2, 0) is 16.1 Å². The molecule has 0 radical (unpaired) electrons. The second-order valence-electron chi connectivity index (χ2n) is 6.72. The highest BCUT2D eigenvalue weighted by Crippen LogP contribution is 2.21. The van der Waals surface area contributed by atoms with Gasteiger partial charge in [0.1, 0.15) is 0 Å². The van der Waals surface area contributed by atoms with E-state index in [2.05, 4.69) is 26.9 Å². The molecule has 0 aliphatic carbocycles. The van der Waals surface area contributed by atoms with Crippen molar-refractivity contribution in [3.05, 3.63) is 51.7 Å². The fraction of sp³-hybridized carbons (Fsp3) is 0.350. The fourth-order valence-electron chi connectivity index (χ4n) is 2.89. The molecule has 2 amide bonds. The number of rotatable bonds is 9. The van der Waals surface area contributed by atoms with Crippen LogP contribution in [0.25, 0.3) is 5.69 Å². The van der Waals surface area contributed by atoms with Gasteiger partial charge in [-0.25, -0.2) is 0 Å². The topological polar surface area (TPSA) is 93.0 Å². The smallest absolute Gasteiger partial charge is 0.239 e. The van der Waals surface area contributed by atoms with E-state index in [0.29, 0.717) is 18.2 Å². The largest absolute Gasteiger partial charge is 0.350 e. The summed E-state index contributed by atoms with van der Waals surface area (Å²) in [6.45, 7) is 6.84. The molecule has 1 aromatic carbocycles. The maximum Gasteiger partial charge on any atom is 0.239 e. The molecular weight excluding hydrogens is 420 g/mol. The number of aromatic nitrogens is 4. The molecule has 0 saturated carbocycles. The lowest BCUT2D eigenvalue weighted by atomic mass is 10.1. The molecule has 0 unspecified atom stereocenters. The average molecular weight is 445 g/mol. The number of thiophene rings is 1. The van der Waals surface area contributed by atoms with Crippen molar-refractivity contribution in [1.29, 1.82) is 0 Å². The van der Waals surface area contributed by atoms with Crippen molar-refractivity contribution in [3.63, 3.8) is 0 Å². The number of hydrogen-bond acceptors (Lipinski definition) is 7. The lowest BCUT2D eigenvalue weighted by molar-refractivity contribution is -0.133. The first kappa shape index (κ1) is 22.0. The van der Waals surface area contributed by atoms with E-state index in [4.69, 9.17) is 0 Å². The lowest BCUT2D eigenvalue weighted by Gasteiger charge is -2.20. The summed E-state index contributed by atoms with van der Waals surface area (Å²) in [5, 5.41) is 17.2. The Labute approximate surface area is 183 Å². The molecule has 2 heterocycles. The summed E-state index contributed by atoms with van der Waals surface area (Å²) in [5.74, 6) is -0.162. The fourth-order valence-corrected chi connectivity index (χ4v) is 4.32. The molecule has 0 aliphatic heterocycles. The number of aryl methyl sites for hydroxylation is 2. The predicted molar refractivity (Wildman–Crippen MR) is 118 cm³/mol. The van der Waals surface area contributed by atoms with Crippen molar-refractivity contribution < 1.29 is 9.59 Å². The zero-order valence-corrected chi connectivity index (χ0v) is 18.8. The first-order chi connectivity index (χ1) is 14.5. The maximum atomic E-state index is 12.6. The van der Waals surface area contributed by atoms with Crippen LogP contribution in [0.1, 0.15) is 22.9 Å². The Morgan fingerprint density at radius 1 is 1.27 bits per heavy atom. The summed E-state index contributed by atoms with van der Waals surface area (Å²) >= 11 is 2.84. The van der Waals surface area contributed by atoms with E-state index < -0.39 is 0 Å². The summed E-state index contributed by atoms with van der Waals surface area (Å²) in [6, 6.07) is 9.92. The van der Waals surface area contributed by atoms with Crippen LogP contribution >= 0.6 is 23.1 Å². The third kappa shape index (κ3) is 5.67. The van der Waals surface area contributed by atoms with Gasteiger partial charge in [-0.15, -0.1) is 16.4 Å². The van der Waals surface area contributed by atoms with Crippen LogP contribution in [0.4, 0.5) is 0 Å². The molecule has 0 fully saturated rings. The van der Waals surface area contributed by atoms with Crippen LogP contribution in [-0.4, -0.2) is 55.8 Å². The zero-order valence-electron chi connectivity index (χ0n) is 17.2. The van der Waals surface area contributed by atoms with Crippen molar-refractivity contribution in [3.8, 4) is 5.69 Å². The van der Waals surface area contributed by atoms with Gasteiger partial charge in [-0.05, 0) is 54.3 Å². The summed E-state index contributed by atoms with van der Waals surface area (Å²) in [6.07, 6.45) is 0. The van der Waals surface area contributed by atoms with Crippen molar-refractivity contribution in [1.82, 2.24) is 30.4 Å². The summed E-state index contributed by atoms with van der Waals surface area (Å²) in [5.41, 5.74) is 3.08. The van der Waals surface area contributed by atoms with Crippen molar-refractivity contribution in [2.45, 2.75) is 32.5 Å². The van der Waals surface area contributed by atoms with Gasteiger partial charge in [0.2, 0.25) is 17.0 Å². The normalized spacial score (nSPS) is 10.8. The number of nitrogens with zero attached hydrogens (tertiary/aromatic N) is 5. The molecule has 0 saturated heterocycles. The van der Waals surface area contributed by atoms with E-state index in [-0.39, 0.29) is 24.1 Å². The molecule has 8 nitrogen and oxygen atoms in total. The molecule has 3 rings (SSSR count). The highest BCUT2D eigenvalue weighted by atomic mass is 32.2. The van der Waals surface area contributed by atoms with Crippen LogP contribution in [0.5, 0.6) is 0 Å². The molecule has 30 heavy (non-hydrogen) atoms. The highest BCUT2D eigenvalue weighted by molar-refractivity contribution is 7.99. The number of benzene rings is 1. The third-order valence-electron chi connectivity index (χ3n) is 4.45. The number of thioether (sulfide) groups is 1. The minimum absolute atomic E-state index is 0.0310. The van der Waals surface area contributed by atoms with Crippen LogP contribution < -0.4 is 5.32 Å². The molecule has 1 N–H and O–H groups in total. The second kappa shape index (κ2) is 10.4. The Bertz CT molecular complexity index is 1000. The minimum atomic E-state index is -0.177. The number of amides is 2. The van der Waals surface area contributed by atoms with Gasteiger partial charge >= 0.3 is 0 Å². The van der Waals surface area contributed by atoms with Crippen LogP contribution in [0.2, 0.25) is 0 Å². The number of tetrazole rings is 1. The van der Waals surface area contributed by atoms with Gasteiger partial charge in [0.05, 0.1) is 24.5 Å². The summed E-state index contributed by atoms with van der Waals surface area (Å²) in [7, 11) is 0. The third-order valence-corrected chi connectivity index (χ3v) is 6.24. The van der Waals surface area contributed by atoms with Crippen molar-refractivity contribution >= 4 is 34.9 Å². The first-order valence-corrected chi connectivity index (χ1v) is 11.4. The zero-order chi connectivity index (χ0) is 21.5. The molecular formula is C20H24N6O2S2. The van der Waals surface area contributed by atoms with Crippen molar-refractivity contribution in [2.24, 2.45) is 0 Å². The van der Waals surface area contributed by atoms with Gasteiger partial charge in [0.25, 0.3) is 0 Å². The Kier molecular flexibility index (Phi) is 7.58. The molecule has 158 valence electrons.